The van der Waals surface area contributed by atoms with Gasteiger partial charge in [0.25, 0.3) is 0 Å². The minimum Gasteiger partial charge on any atom is -0.0628 e. The fraction of sp³-hybridized carbons (Fsp3) is 0.909. The lowest BCUT2D eigenvalue weighted by molar-refractivity contribution is 0.500. The van der Waals surface area contributed by atoms with Gasteiger partial charge in [0, 0.05) is 0 Å². The Morgan fingerprint density at radius 3 is 1.91 bits per heavy atom. The Morgan fingerprint density at radius 2 is 1.45 bits per heavy atom. The van der Waals surface area contributed by atoms with Crippen molar-refractivity contribution in [3.63, 3.8) is 0 Å². The number of unbranched alkanes of at least 4 members (excludes halogenated alkanes) is 2. The van der Waals surface area contributed by atoms with Gasteiger partial charge < -0.3 is 0 Å². The maximum atomic E-state index is 3.97. The Hall–Kier alpha value is 0. The van der Waals surface area contributed by atoms with Crippen molar-refractivity contribution in [3.05, 3.63) is 6.92 Å². The van der Waals surface area contributed by atoms with Crippen LogP contribution in [0, 0.1) is 18.8 Å². The quantitative estimate of drug-likeness (QED) is 0.507. The van der Waals surface area contributed by atoms with Gasteiger partial charge in [0.1, 0.15) is 0 Å². The monoisotopic (exact) mass is 155 g/mol. The molecular weight excluding hydrogens is 132 g/mol. The van der Waals surface area contributed by atoms with Crippen molar-refractivity contribution in [2.45, 2.75) is 52.9 Å². The predicted molar refractivity (Wildman–Crippen MR) is 52.4 cm³/mol. The van der Waals surface area contributed by atoms with Crippen molar-refractivity contribution in [2.75, 3.05) is 0 Å². The van der Waals surface area contributed by atoms with E-state index in [4.69, 9.17) is 0 Å². The molecule has 1 unspecified atom stereocenters. The zero-order valence-electron chi connectivity index (χ0n) is 8.40. The van der Waals surface area contributed by atoms with Gasteiger partial charge in [-0.3, -0.25) is 0 Å². The van der Waals surface area contributed by atoms with Crippen LogP contribution >= 0.6 is 0 Å². The molecule has 0 N–H and O–H groups in total. The SMILES string of the molecule is [CH2]C(C)CCCCCC(C)C. The number of rotatable bonds is 6. The second-order valence-electron chi connectivity index (χ2n) is 4.14. The summed E-state index contributed by atoms with van der Waals surface area (Å²) in [7, 11) is 0. The molecule has 0 bridgehead atoms. The highest BCUT2D eigenvalue weighted by atomic mass is 14.0. The van der Waals surface area contributed by atoms with E-state index in [2.05, 4.69) is 27.7 Å². The Labute approximate surface area is 72.4 Å². The Kier molecular flexibility index (Phi) is 6.69. The molecule has 0 aromatic heterocycles. The molecule has 0 heteroatoms. The molecule has 67 valence electrons. The topological polar surface area (TPSA) is 0 Å². The standard InChI is InChI=1S/C11H23/c1-10(2)8-6-5-7-9-11(3)4/h10-11H,1,5-9H2,2-4H3. The highest BCUT2D eigenvalue weighted by molar-refractivity contribution is 4.54. The maximum Gasteiger partial charge on any atom is -0.0443 e. The molecule has 0 amide bonds. The predicted octanol–water partition coefficient (Wildman–Crippen LogP) is 4.06. The third kappa shape index (κ3) is 10.0. The van der Waals surface area contributed by atoms with Crippen molar-refractivity contribution < 1.29 is 0 Å². The van der Waals surface area contributed by atoms with Crippen LogP contribution < -0.4 is 0 Å². The first-order valence-corrected chi connectivity index (χ1v) is 4.96. The summed E-state index contributed by atoms with van der Waals surface area (Å²) in [5.74, 6) is 1.53. The molecule has 1 atom stereocenters. The molecule has 0 nitrogen and oxygen atoms in total. The molecule has 0 saturated carbocycles. The van der Waals surface area contributed by atoms with Gasteiger partial charge in [-0.05, 0) is 11.8 Å². The van der Waals surface area contributed by atoms with Crippen molar-refractivity contribution in [1.29, 1.82) is 0 Å². The number of hydrogen-bond donors (Lipinski definition) is 0. The third-order valence-corrected chi connectivity index (χ3v) is 1.98. The van der Waals surface area contributed by atoms with E-state index in [1.54, 1.807) is 0 Å². The van der Waals surface area contributed by atoms with Gasteiger partial charge in [-0.1, -0.05) is 59.8 Å². The molecule has 0 aliphatic rings. The first-order chi connectivity index (χ1) is 5.13. The highest BCUT2D eigenvalue weighted by Crippen LogP contribution is 2.12. The van der Waals surface area contributed by atoms with Crippen LogP contribution in [0.3, 0.4) is 0 Å². The molecular formula is C11H23. The summed E-state index contributed by atoms with van der Waals surface area (Å²) < 4.78 is 0. The average Bonchev–Trinajstić information content (AvgIpc) is 1.85. The van der Waals surface area contributed by atoms with Crippen LogP contribution in [-0.4, -0.2) is 0 Å². The smallest absolute Gasteiger partial charge is 0.0443 e. The lowest BCUT2D eigenvalue weighted by atomic mass is 10.0. The van der Waals surface area contributed by atoms with Crippen LogP contribution in [0.25, 0.3) is 0 Å². The summed E-state index contributed by atoms with van der Waals surface area (Å²) in [4.78, 5) is 0. The molecule has 0 rings (SSSR count). The Balaban J connectivity index is 2.91. The fourth-order valence-corrected chi connectivity index (χ4v) is 1.22. The van der Waals surface area contributed by atoms with Gasteiger partial charge in [-0.2, -0.15) is 0 Å². The lowest BCUT2D eigenvalue weighted by Gasteiger charge is -2.05. The van der Waals surface area contributed by atoms with Gasteiger partial charge in [0.05, 0.1) is 0 Å². The molecule has 0 aromatic rings. The zero-order chi connectivity index (χ0) is 8.69. The van der Waals surface area contributed by atoms with Crippen molar-refractivity contribution >= 4 is 0 Å². The average molecular weight is 155 g/mol. The summed E-state index contributed by atoms with van der Waals surface area (Å²) in [6, 6.07) is 0. The molecule has 0 aliphatic carbocycles. The maximum absolute atomic E-state index is 3.97. The van der Waals surface area contributed by atoms with E-state index >= 15 is 0 Å². The third-order valence-electron chi connectivity index (χ3n) is 1.98. The lowest BCUT2D eigenvalue weighted by Crippen LogP contribution is -1.90. The van der Waals surface area contributed by atoms with Crippen LogP contribution in [0.2, 0.25) is 0 Å². The summed E-state index contributed by atoms with van der Waals surface area (Å²) in [5.41, 5.74) is 0. The van der Waals surface area contributed by atoms with E-state index in [1.807, 2.05) is 0 Å². The van der Waals surface area contributed by atoms with Crippen LogP contribution in [0.5, 0.6) is 0 Å². The van der Waals surface area contributed by atoms with E-state index in [1.165, 1.54) is 32.1 Å². The molecule has 0 aromatic carbocycles. The summed E-state index contributed by atoms with van der Waals surface area (Å²) in [6.45, 7) is 10.8. The van der Waals surface area contributed by atoms with E-state index in [0.29, 0.717) is 5.92 Å². The normalized spacial score (nSPS) is 11.5. The van der Waals surface area contributed by atoms with Crippen molar-refractivity contribution in [3.8, 4) is 0 Å². The van der Waals surface area contributed by atoms with Crippen molar-refractivity contribution in [2.24, 2.45) is 11.8 Å². The van der Waals surface area contributed by atoms with E-state index in [-0.39, 0.29) is 0 Å². The highest BCUT2D eigenvalue weighted by Gasteiger charge is 1.96. The second kappa shape index (κ2) is 6.69. The van der Waals surface area contributed by atoms with Gasteiger partial charge in [0.2, 0.25) is 0 Å². The van der Waals surface area contributed by atoms with Crippen LogP contribution in [0.1, 0.15) is 52.9 Å². The second-order valence-corrected chi connectivity index (χ2v) is 4.14. The van der Waals surface area contributed by atoms with Gasteiger partial charge in [-0.25, -0.2) is 0 Å². The number of hydrogen-bond acceptors (Lipinski definition) is 0. The first-order valence-electron chi connectivity index (χ1n) is 4.96. The largest absolute Gasteiger partial charge is 0.0628 e. The van der Waals surface area contributed by atoms with Crippen LogP contribution in [-0.2, 0) is 0 Å². The summed E-state index contributed by atoms with van der Waals surface area (Å²) in [6.07, 6.45) is 6.88. The molecule has 11 heavy (non-hydrogen) atoms. The van der Waals surface area contributed by atoms with E-state index < -0.39 is 0 Å². The van der Waals surface area contributed by atoms with E-state index in [9.17, 15) is 0 Å². The Morgan fingerprint density at radius 1 is 0.909 bits per heavy atom. The zero-order valence-corrected chi connectivity index (χ0v) is 8.40. The van der Waals surface area contributed by atoms with Crippen molar-refractivity contribution in [1.82, 2.24) is 0 Å². The Bertz CT molecular complexity index is 62.1. The van der Waals surface area contributed by atoms with Gasteiger partial charge in [0.15, 0.2) is 0 Å². The van der Waals surface area contributed by atoms with Crippen LogP contribution in [0.4, 0.5) is 0 Å². The molecule has 0 heterocycles. The van der Waals surface area contributed by atoms with Crippen LogP contribution in [0.15, 0.2) is 0 Å². The van der Waals surface area contributed by atoms with Gasteiger partial charge >= 0.3 is 0 Å². The molecule has 1 radical (unpaired) electrons. The fourth-order valence-electron chi connectivity index (χ4n) is 1.22. The molecule has 0 saturated heterocycles. The molecule has 0 fully saturated rings. The summed E-state index contributed by atoms with van der Waals surface area (Å²) >= 11 is 0. The van der Waals surface area contributed by atoms with E-state index in [0.717, 1.165) is 5.92 Å². The minimum absolute atomic E-state index is 0.647. The minimum atomic E-state index is 0.647. The molecule has 0 aliphatic heterocycles. The first kappa shape index (κ1) is 11.0. The summed E-state index contributed by atoms with van der Waals surface area (Å²) in [5, 5.41) is 0. The molecule has 0 spiro atoms. The van der Waals surface area contributed by atoms with Gasteiger partial charge in [-0.15, -0.1) is 0 Å².